The lowest BCUT2D eigenvalue weighted by atomic mass is 10.1. The van der Waals surface area contributed by atoms with Crippen LogP contribution in [-0.2, 0) is 19.0 Å². The van der Waals surface area contributed by atoms with Crippen LogP contribution in [0.5, 0.6) is 0 Å². The zero-order valence-corrected chi connectivity index (χ0v) is 24.4. The topological polar surface area (TPSA) is 135 Å². The maximum atomic E-state index is 13.0. The molecule has 1 fully saturated rings. The lowest BCUT2D eigenvalue weighted by molar-refractivity contribution is -0.116. The Morgan fingerprint density at radius 1 is 0.977 bits per heavy atom. The average molecular weight is 606 g/mol. The largest absolute Gasteiger partial charge is 0.459 e. The van der Waals surface area contributed by atoms with Crippen LogP contribution in [0.3, 0.4) is 0 Å². The molecule has 11 nitrogen and oxygen atoms in total. The van der Waals surface area contributed by atoms with Gasteiger partial charge in [0.05, 0.1) is 23.6 Å². The summed E-state index contributed by atoms with van der Waals surface area (Å²) in [6.07, 6.45) is 3.66. The molecule has 43 heavy (non-hydrogen) atoms. The third-order valence-electron chi connectivity index (χ3n) is 7.01. The number of amides is 1. The van der Waals surface area contributed by atoms with E-state index in [9.17, 15) is 14.4 Å². The van der Waals surface area contributed by atoms with E-state index < -0.39 is 30.4 Å². The van der Waals surface area contributed by atoms with E-state index in [1.165, 1.54) is 6.33 Å². The van der Waals surface area contributed by atoms with Crippen LogP contribution >= 0.6 is 11.6 Å². The number of hydrogen-bond acceptors (Lipinski definition) is 9. The number of benzene rings is 2. The van der Waals surface area contributed by atoms with Crippen molar-refractivity contribution in [3.63, 3.8) is 0 Å². The second kappa shape index (κ2) is 14.2. The Labute approximate surface area is 253 Å². The minimum absolute atomic E-state index is 0.0642. The number of unbranched alkanes of at least 4 members (excludes halogenated alkanes) is 3. The molecule has 4 aromatic rings. The summed E-state index contributed by atoms with van der Waals surface area (Å²) in [5.74, 6) is -1.05. The molecular weight excluding hydrogens is 574 g/mol. The van der Waals surface area contributed by atoms with Gasteiger partial charge in [-0.2, -0.15) is 9.97 Å². The van der Waals surface area contributed by atoms with Gasteiger partial charge in [-0.15, -0.1) is 0 Å². The van der Waals surface area contributed by atoms with Gasteiger partial charge < -0.3 is 19.5 Å². The van der Waals surface area contributed by atoms with Crippen LogP contribution in [0.2, 0.25) is 5.28 Å². The van der Waals surface area contributed by atoms with Crippen molar-refractivity contribution < 1.29 is 28.6 Å². The van der Waals surface area contributed by atoms with Crippen molar-refractivity contribution in [2.75, 3.05) is 11.9 Å². The van der Waals surface area contributed by atoms with Gasteiger partial charge in [-0.3, -0.25) is 9.36 Å². The number of carbonyl (C=O) groups is 3. The van der Waals surface area contributed by atoms with Crippen molar-refractivity contribution in [2.24, 2.45) is 0 Å². The maximum absolute atomic E-state index is 13.0. The van der Waals surface area contributed by atoms with Crippen molar-refractivity contribution >= 4 is 46.4 Å². The molecule has 0 unspecified atom stereocenters. The zero-order chi connectivity index (χ0) is 30.2. The third kappa shape index (κ3) is 7.54. The molecule has 1 amide bonds. The highest BCUT2D eigenvalue weighted by molar-refractivity contribution is 6.28. The summed E-state index contributed by atoms with van der Waals surface area (Å²) in [7, 11) is 0. The molecule has 3 atom stereocenters. The average Bonchev–Trinajstić information content (AvgIpc) is 3.62. The zero-order valence-electron chi connectivity index (χ0n) is 23.6. The van der Waals surface area contributed by atoms with Crippen LogP contribution in [0, 0.1) is 0 Å². The molecule has 12 heteroatoms. The van der Waals surface area contributed by atoms with E-state index in [4.69, 9.17) is 25.8 Å². The van der Waals surface area contributed by atoms with Gasteiger partial charge in [0.15, 0.2) is 23.2 Å². The Balaban J connectivity index is 1.37. The second-order valence-electron chi connectivity index (χ2n) is 10.2. The fourth-order valence-electron chi connectivity index (χ4n) is 4.85. The first-order chi connectivity index (χ1) is 20.9. The number of halogens is 1. The van der Waals surface area contributed by atoms with Gasteiger partial charge in [0.2, 0.25) is 11.2 Å². The number of imidazole rings is 1. The molecule has 1 aliphatic rings. The molecule has 1 N–H and O–H groups in total. The predicted octanol–water partition coefficient (Wildman–Crippen LogP) is 5.76. The molecule has 3 heterocycles. The number of nitrogens with zero attached hydrogens (tertiary/aromatic N) is 4. The molecule has 0 radical (unpaired) electrons. The molecule has 2 aromatic carbocycles. The van der Waals surface area contributed by atoms with E-state index in [1.54, 1.807) is 59.2 Å². The summed E-state index contributed by atoms with van der Waals surface area (Å²) in [6, 6.07) is 17.2. The summed E-state index contributed by atoms with van der Waals surface area (Å²) >= 11 is 6.26. The molecule has 1 saturated heterocycles. The van der Waals surface area contributed by atoms with Crippen LogP contribution in [-0.4, -0.2) is 56.2 Å². The summed E-state index contributed by atoms with van der Waals surface area (Å²) in [5, 5.41) is 2.70. The molecular formula is C31H32ClN5O6. The Morgan fingerprint density at radius 3 is 2.37 bits per heavy atom. The first kappa shape index (κ1) is 30.1. The number of nitrogens with one attached hydrogen (secondary N) is 1. The fraction of sp³-hybridized carbons (Fsp3) is 0.355. The smallest absolute Gasteiger partial charge is 0.338 e. The van der Waals surface area contributed by atoms with E-state index >= 15 is 0 Å². The van der Waals surface area contributed by atoms with E-state index in [0.29, 0.717) is 23.1 Å². The quantitative estimate of drug-likeness (QED) is 0.121. The van der Waals surface area contributed by atoms with Crippen molar-refractivity contribution in [3.8, 4) is 0 Å². The normalized spacial score (nSPS) is 18.0. The Morgan fingerprint density at radius 2 is 1.67 bits per heavy atom. The summed E-state index contributed by atoms with van der Waals surface area (Å²) in [6.45, 7) is 2.04. The van der Waals surface area contributed by atoms with Crippen molar-refractivity contribution in [1.29, 1.82) is 0 Å². The van der Waals surface area contributed by atoms with Crippen LogP contribution in [0.15, 0.2) is 67.0 Å². The van der Waals surface area contributed by atoms with E-state index in [0.717, 1.165) is 25.7 Å². The third-order valence-corrected chi connectivity index (χ3v) is 7.18. The molecule has 5 rings (SSSR count). The van der Waals surface area contributed by atoms with Crippen LogP contribution in [0.1, 0.15) is 72.4 Å². The fourth-order valence-corrected chi connectivity index (χ4v) is 5.02. The highest BCUT2D eigenvalue weighted by Gasteiger charge is 2.41. The van der Waals surface area contributed by atoms with Gasteiger partial charge in [-0.25, -0.2) is 14.6 Å². The van der Waals surface area contributed by atoms with Crippen LogP contribution < -0.4 is 5.32 Å². The Bertz CT molecular complexity index is 1570. The first-order valence-electron chi connectivity index (χ1n) is 14.3. The number of rotatable bonds is 12. The van der Waals surface area contributed by atoms with Crippen molar-refractivity contribution in [3.05, 3.63) is 83.4 Å². The molecule has 0 saturated carbocycles. The van der Waals surface area contributed by atoms with Gasteiger partial charge in [-0.05, 0) is 42.3 Å². The second-order valence-corrected chi connectivity index (χ2v) is 10.5. The summed E-state index contributed by atoms with van der Waals surface area (Å²) < 4.78 is 19.3. The standard InChI is InChI=1S/C31H32ClN5O6/c1-2-3-4-11-16-24(38)34-26-25-27(36-31(32)35-26)37(19-33-25)28-23(43-30(40)21-14-9-6-10-15-21)17-22(42-28)18-41-29(39)20-12-7-5-8-13-20/h5-10,12-15,19,22-23,28H,2-4,11,16-18H2,1H3,(H,34,35,36,38)/t22-,23+,28+/m0/s1. The minimum Gasteiger partial charge on any atom is -0.459 e. The molecule has 1 aliphatic heterocycles. The van der Waals surface area contributed by atoms with E-state index in [2.05, 4.69) is 27.2 Å². The van der Waals surface area contributed by atoms with Gasteiger partial charge in [0.1, 0.15) is 12.7 Å². The molecule has 0 bridgehead atoms. The number of esters is 2. The van der Waals surface area contributed by atoms with Crippen LogP contribution in [0.25, 0.3) is 11.2 Å². The summed E-state index contributed by atoms with van der Waals surface area (Å²) in [4.78, 5) is 51.1. The molecule has 2 aromatic heterocycles. The predicted molar refractivity (Wildman–Crippen MR) is 159 cm³/mol. The Kier molecular flexibility index (Phi) is 9.96. The minimum atomic E-state index is -0.873. The van der Waals surface area contributed by atoms with E-state index in [1.807, 2.05) is 6.07 Å². The van der Waals surface area contributed by atoms with Gasteiger partial charge in [-0.1, -0.05) is 62.6 Å². The van der Waals surface area contributed by atoms with Gasteiger partial charge >= 0.3 is 11.9 Å². The number of anilines is 1. The lowest BCUT2D eigenvalue weighted by Gasteiger charge is -2.20. The molecule has 0 spiro atoms. The van der Waals surface area contributed by atoms with Crippen molar-refractivity contribution in [1.82, 2.24) is 19.5 Å². The van der Waals surface area contributed by atoms with E-state index in [-0.39, 0.29) is 35.7 Å². The monoisotopic (exact) mass is 605 g/mol. The lowest BCUT2D eigenvalue weighted by Crippen LogP contribution is -2.25. The maximum Gasteiger partial charge on any atom is 0.338 e. The number of carbonyl (C=O) groups excluding carboxylic acids is 3. The molecule has 0 aliphatic carbocycles. The number of hydrogen-bond donors (Lipinski definition) is 1. The highest BCUT2D eigenvalue weighted by Crippen LogP contribution is 2.35. The SMILES string of the molecule is CCCCCCC(=O)Nc1nc(Cl)nc2c1ncn2[C@@H]1O[C@H](COC(=O)c2ccccc2)C[C@H]1OC(=O)c1ccccc1. The van der Waals surface area contributed by atoms with Gasteiger partial charge in [0, 0.05) is 12.8 Å². The van der Waals surface area contributed by atoms with Crippen LogP contribution in [0.4, 0.5) is 5.82 Å². The first-order valence-corrected chi connectivity index (χ1v) is 14.6. The Hall–Kier alpha value is -4.35. The van der Waals surface area contributed by atoms with Crippen molar-refractivity contribution in [2.45, 2.75) is 63.9 Å². The number of aromatic nitrogens is 4. The van der Waals surface area contributed by atoms with Gasteiger partial charge in [0.25, 0.3) is 0 Å². The number of fused-ring (bicyclic) bond motifs is 1. The highest BCUT2D eigenvalue weighted by atomic mass is 35.5. The molecule has 224 valence electrons. The number of ether oxygens (including phenoxy) is 3. The summed E-state index contributed by atoms with van der Waals surface area (Å²) in [5.41, 5.74) is 1.39.